The molecule has 0 radical (unpaired) electrons. The highest BCUT2D eigenvalue weighted by Crippen LogP contribution is 1.89. The Balaban J connectivity index is 0. The lowest BCUT2D eigenvalue weighted by Crippen LogP contribution is -1.93. The van der Waals surface area contributed by atoms with Crippen LogP contribution in [0.15, 0.2) is 12.7 Å². The molecule has 0 saturated heterocycles. The van der Waals surface area contributed by atoms with E-state index in [-0.39, 0.29) is 5.88 Å². The third-order valence-electron chi connectivity index (χ3n) is 0.302. The molecule has 0 saturated carbocycles. The molecule has 3 nitrogen and oxygen atoms in total. The molecule has 0 aromatic rings. The molecule has 1 unspecified atom stereocenters. The van der Waals surface area contributed by atoms with E-state index in [1.54, 1.807) is 0 Å². The van der Waals surface area contributed by atoms with Gasteiger partial charge in [-0.05, 0) is 0 Å². The summed E-state index contributed by atoms with van der Waals surface area (Å²) in [6.45, 7) is 2.96. The van der Waals surface area contributed by atoms with Crippen LogP contribution < -0.4 is 0 Å². The minimum Gasteiger partial charge on any atom is -0.478 e. The molecule has 0 aromatic heterocycles. The van der Waals surface area contributed by atoms with E-state index in [1.165, 1.54) is 0 Å². The zero-order chi connectivity index (χ0) is 8.57. The molecule has 1 atom stereocenters. The van der Waals surface area contributed by atoms with Gasteiger partial charge in [0.1, 0.15) is 5.56 Å². The van der Waals surface area contributed by atoms with E-state index in [0.29, 0.717) is 0 Å². The summed E-state index contributed by atoms with van der Waals surface area (Å²) in [5.74, 6) is -0.883. The number of carboxylic acid groups (broad SMARTS) is 1. The van der Waals surface area contributed by atoms with Gasteiger partial charge < -0.3 is 10.2 Å². The molecule has 0 bridgehead atoms. The van der Waals surface area contributed by atoms with Crippen molar-refractivity contribution in [3.63, 3.8) is 0 Å². The van der Waals surface area contributed by atoms with Gasteiger partial charge in [0.15, 0.2) is 0 Å². The number of halogens is 2. The molecule has 0 fully saturated rings. The second-order valence-electron chi connectivity index (χ2n) is 1.13. The van der Waals surface area contributed by atoms with Crippen LogP contribution in [0.3, 0.4) is 0 Å². The summed E-state index contributed by atoms with van der Waals surface area (Å²) in [5.41, 5.74) is -0.878. The van der Waals surface area contributed by atoms with E-state index in [4.69, 9.17) is 33.4 Å². The highest BCUT2D eigenvalue weighted by Gasteiger charge is 1.87. The van der Waals surface area contributed by atoms with E-state index in [2.05, 4.69) is 6.58 Å². The summed E-state index contributed by atoms with van der Waals surface area (Å²) in [6, 6.07) is 0. The van der Waals surface area contributed by atoms with Gasteiger partial charge in [0, 0.05) is 6.08 Å². The summed E-state index contributed by atoms with van der Waals surface area (Å²) >= 11 is 9.84. The SMILES string of the molecule is C=CC(=O)O.OC(Cl)CCl. The second kappa shape index (κ2) is 8.75. The highest BCUT2D eigenvalue weighted by atomic mass is 35.5. The van der Waals surface area contributed by atoms with Crippen molar-refractivity contribution in [2.75, 3.05) is 5.88 Å². The predicted octanol–water partition coefficient (Wildman–Crippen LogP) is 1.04. The molecule has 0 aromatic carbocycles. The first kappa shape index (κ1) is 12.4. The van der Waals surface area contributed by atoms with E-state index in [0.717, 1.165) is 6.08 Å². The van der Waals surface area contributed by atoms with Crippen molar-refractivity contribution in [3.8, 4) is 0 Å². The van der Waals surface area contributed by atoms with Crippen molar-refractivity contribution >= 4 is 29.2 Å². The number of aliphatic hydroxyl groups is 1. The molecule has 10 heavy (non-hydrogen) atoms. The predicted molar refractivity (Wildman–Crippen MR) is 40.4 cm³/mol. The van der Waals surface area contributed by atoms with Crippen molar-refractivity contribution in [2.45, 2.75) is 5.56 Å². The van der Waals surface area contributed by atoms with Crippen LogP contribution in [-0.2, 0) is 4.79 Å². The number of carbonyl (C=O) groups is 1. The smallest absolute Gasteiger partial charge is 0.327 e. The van der Waals surface area contributed by atoms with Gasteiger partial charge in [0.25, 0.3) is 0 Å². The minimum absolute atomic E-state index is 0.0988. The van der Waals surface area contributed by atoms with Crippen molar-refractivity contribution < 1.29 is 15.0 Å². The number of carboxylic acids is 1. The fraction of sp³-hybridized carbons (Fsp3) is 0.400. The fourth-order valence-corrected chi connectivity index (χ4v) is 0. The average Bonchev–Trinajstić information content (AvgIpc) is 1.89. The van der Waals surface area contributed by atoms with Crippen LogP contribution >= 0.6 is 23.2 Å². The maximum atomic E-state index is 9.25. The summed E-state index contributed by atoms with van der Waals surface area (Å²) in [6.07, 6.45) is 0.833. The first-order chi connectivity index (χ1) is 4.54. The van der Waals surface area contributed by atoms with Gasteiger partial charge in [-0.2, -0.15) is 0 Å². The molecule has 0 spiro atoms. The van der Waals surface area contributed by atoms with Gasteiger partial charge in [-0.25, -0.2) is 4.79 Å². The van der Waals surface area contributed by atoms with Gasteiger partial charge in [0.2, 0.25) is 0 Å². The molecule has 0 aliphatic carbocycles. The maximum absolute atomic E-state index is 9.25. The summed E-state index contributed by atoms with van der Waals surface area (Å²) in [4.78, 5) is 9.25. The number of alkyl halides is 2. The molecule has 0 aliphatic heterocycles. The quantitative estimate of drug-likeness (QED) is 0.501. The standard InChI is InChI=1S/C3H4O2.C2H4Cl2O/c1-2-3(4)5;3-1-2(4)5/h2H,1H2,(H,4,5);2,5H,1H2. The van der Waals surface area contributed by atoms with E-state index in [9.17, 15) is 4.79 Å². The molecule has 60 valence electrons. The third-order valence-corrected chi connectivity index (χ3v) is 0.907. The Hall–Kier alpha value is -0.250. The molecular weight excluding hydrogens is 179 g/mol. The van der Waals surface area contributed by atoms with Crippen molar-refractivity contribution in [1.29, 1.82) is 0 Å². The molecule has 0 rings (SSSR count). The average molecular weight is 187 g/mol. The lowest BCUT2D eigenvalue weighted by molar-refractivity contribution is -0.131. The van der Waals surface area contributed by atoms with Crippen molar-refractivity contribution in [2.24, 2.45) is 0 Å². The molecule has 0 aliphatic rings. The Morgan fingerprint density at radius 2 is 2.00 bits per heavy atom. The van der Waals surface area contributed by atoms with Crippen LogP contribution in [0, 0.1) is 0 Å². The molecular formula is C5H8Cl2O3. The lowest BCUT2D eigenvalue weighted by atomic mass is 10.7. The van der Waals surface area contributed by atoms with Gasteiger partial charge in [-0.3, -0.25) is 0 Å². The Labute approximate surface area is 68.9 Å². The van der Waals surface area contributed by atoms with Crippen LogP contribution in [0.4, 0.5) is 0 Å². The number of aliphatic carboxylic acids is 1. The minimum atomic E-state index is -0.981. The van der Waals surface area contributed by atoms with Gasteiger partial charge in [0.05, 0.1) is 5.88 Å². The fourth-order valence-electron chi connectivity index (χ4n) is 0. The van der Waals surface area contributed by atoms with Crippen LogP contribution in [-0.4, -0.2) is 27.6 Å². The molecule has 2 N–H and O–H groups in total. The topological polar surface area (TPSA) is 57.5 Å². The van der Waals surface area contributed by atoms with Crippen molar-refractivity contribution in [3.05, 3.63) is 12.7 Å². The van der Waals surface area contributed by atoms with Crippen LogP contribution in [0.2, 0.25) is 0 Å². The van der Waals surface area contributed by atoms with Crippen LogP contribution in [0.5, 0.6) is 0 Å². The largest absolute Gasteiger partial charge is 0.478 e. The van der Waals surface area contributed by atoms with Gasteiger partial charge in [-0.15, -0.1) is 11.6 Å². The van der Waals surface area contributed by atoms with E-state index >= 15 is 0 Å². The van der Waals surface area contributed by atoms with Crippen molar-refractivity contribution in [1.82, 2.24) is 0 Å². The summed E-state index contributed by atoms with van der Waals surface area (Å²) in [5, 5.41) is 15.6. The lowest BCUT2D eigenvalue weighted by Gasteiger charge is -1.85. The van der Waals surface area contributed by atoms with Gasteiger partial charge in [-0.1, -0.05) is 18.2 Å². The molecule has 5 heteroatoms. The van der Waals surface area contributed by atoms with Crippen LogP contribution in [0.25, 0.3) is 0 Å². The first-order valence-electron chi connectivity index (χ1n) is 2.28. The molecule has 0 heterocycles. The number of hydrogen-bond donors (Lipinski definition) is 2. The zero-order valence-corrected chi connectivity index (χ0v) is 6.64. The highest BCUT2D eigenvalue weighted by molar-refractivity contribution is 6.27. The van der Waals surface area contributed by atoms with E-state index in [1.807, 2.05) is 0 Å². The number of aliphatic hydroxyl groups excluding tert-OH is 1. The Kier molecular flexibility index (Phi) is 10.9. The Bertz CT molecular complexity index is 103. The third kappa shape index (κ3) is 25.1. The zero-order valence-electron chi connectivity index (χ0n) is 5.13. The van der Waals surface area contributed by atoms with Gasteiger partial charge >= 0.3 is 5.97 Å². The summed E-state index contributed by atoms with van der Waals surface area (Å²) in [7, 11) is 0. The monoisotopic (exact) mass is 186 g/mol. The second-order valence-corrected chi connectivity index (χ2v) is 1.94. The summed E-state index contributed by atoms with van der Waals surface area (Å²) < 4.78 is 0. The number of rotatable bonds is 2. The van der Waals surface area contributed by atoms with E-state index < -0.39 is 11.5 Å². The molecule has 0 amide bonds. The Morgan fingerprint density at radius 3 is 2.00 bits per heavy atom. The number of hydrogen-bond acceptors (Lipinski definition) is 2. The Morgan fingerprint density at radius 1 is 1.80 bits per heavy atom. The first-order valence-corrected chi connectivity index (χ1v) is 3.25. The van der Waals surface area contributed by atoms with Crippen LogP contribution in [0.1, 0.15) is 0 Å². The normalized spacial score (nSPS) is 10.7. The maximum Gasteiger partial charge on any atom is 0.327 e.